The summed E-state index contributed by atoms with van der Waals surface area (Å²) in [6, 6.07) is 0. The molecule has 0 aromatic rings. The average molecular weight is 117 g/mol. The molecule has 0 aromatic carbocycles. The molecular formula is CH2MnO3. The normalized spacial score (nSPS) is 4.20. The van der Waals surface area contributed by atoms with Gasteiger partial charge in [0.05, 0.1) is 0 Å². The molecule has 1 radical (unpaired) electrons. The zero-order chi connectivity index (χ0) is 3.41. The van der Waals surface area contributed by atoms with Crippen LogP contribution in [-0.4, -0.2) is 11.7 Å². The van der Waals surface area contributed by atoms with E-state index in [0.717, 1.165) is 0 Å². The van der Waals surface area contributed by atoms with Crippen LogP contribution in [0.25, 0.3) is 0 Å². The second-order valence-electron chi connectivity index (χ2n) is 0.202. The minimum absolute atomic E-state index is 0. The molecule has 0 aromatic heterocycles. The van der Waals surface area contributed by atoms with Crippen LogP contribution in [0, 0.1) is 0 Å². The SMILES string of the molecule is O=COO.[Mn]. The van der Waals surface area contributed by atoms with E-state index in [-0.39, 0.29) is 23.5 Å². The molecule has 0 aliphatic carbocycles. The van der Waals surface area contributed by atoms with Crippen LogP contribution >= 0.6 is 0 Å². The van der Waals surface area contributed by atoms with E-state index in [1.807, 2.05) is 0 Å². The van der Waals surface area contributed by atoms with Crippen molar-refractivity contribution in [3.8, 4) is 0 Å². The summed E-state index contributed by atoms with van der Waals surface area (Å²) in [6.07, 6.45) is 0. The molecule has 0 amide bonds. The van der Waals surface area contributed by atoms with Crippen LogP contribution in [0.5, 0.6) is 0 Å². The minimum Gasteiger partial charge on any atom is -0.304 e. The molecule has 0 rings (SSSR count). The molecule has 3 nitrogen and oxygen atoms in total. The molecule has 4 heteroatoms. The Hall–Kier alpha value is -0.0505. The molecule has 0 atom stereocenters. The fraction of sp³-hybridized carbons (Fsp3) is 0. The fourth-order valence-electron chi connectivity index (χ4n) is 0. The smallest absolute Gasteiger partial charge is 0.304 e. The van der Waals surface area contributed by atoms with Gasteiger partial charge in [0.2, 0.25) is 0 Å². The fourth-order valence-corrected chi connectivity index (χ4v) is 0. The molecule has 0 heterocycles. The van der Waals surface area contributed by atoms with Gasteiger partial charge in [0.15, 0.2) is 0 Å². The average Bonchev–Trinajstić information content (AvgIpc) is 1.37. The number of hydrogen-bond donors (Lipinski definition) is 1. The third kappa shape index (κ3) is 16.6. The first-order valence-corrected chi connectivity index (χ1v) is 0.654. The first-order valence-electron chi connectivity index (χ1n) is 0.654. The van der Waals surface area contributed by atoms with Crippen LogP contribution < -0.4 is 0 Å². The molecule has 0 saturated carbocycles. The molecular weight excluding hydrogens is 115 g/mol. The van der Waals surface area contributed by atoms with E-state index in [1.54, 1.807) is 0 Å². The van der Waals surface area contributed by atoms with Gasteiger partial charge in [-0.25, -0.2) is 5.26 Å². The summed E-state index contributed by atoms with van der Waals surface area (Å²) < 4.78 is 0. The Morgan fingerprint density at radius 1 is 1.80 bits per heavy atom. The number of rotatable bonds is 1. The Kier molecular flexibility index (Phi) is 16.0. The van der Waals surface area contributed by atoms with Gasteiger partial charge in [0.25, 0.3) is 0 Å². The summed E-state index contributed by atoms with van der Waals surface area (Å²) in [4.78, 5) is 11.6. The van der Waals surface area contributed by atoms with Crippen molar-refractivity contribution in [1.82, 2.24) is 0 Å². The van der Waals surface area contributed by atoms with Crippen LogP contribution in [-0.2, 0) is 26.8 Å². The number of carbonyl (C=O) groups is 1. The molecule has 1 N–H and O–H groups in total. The maximum absolute atomic E-state index is 8.70. The molecule has 0 saturated heterocycles. The van der Waals surface area contributed by atoms with Gasteiger partial charge in [0.1, 0.15) is 0 Å². The third-order valence-corrected chi connectivity index (χ3v) is 0.0430. The Balaban J connectivity index is 0. The van der Waals surface area contributed by atoms with E-state index in [2.05, 4.69) is 4.89 Å². The summed E-state index contributed by atoms with van der Waals surface area (Å²) in [5.41, 5.74) is 0. The predicted octanol–water partition coefficient (Wildman–Crippen LogP) is -0.370. The Morgan fingerprint density at radius 3 is 2.00 bits per heavy atom. The van der Waals surface area contributed by atoms with Crippen molar-refractivity contribution in [2.24, 2.45) is 0 Å². The summed E-state index contributed by atoms with van der Waals surface area (Å²) >= 11 is 0. The Labute approximate surface area is 39.3 Å². The maximum Gasteiger partial charge on any atom is 0.330 e. The maximum atomic E-state index is 8.70. The zero-order valence-electron chi connectivity index (χ0n) is 2.22. The van der Waals surface area contributed by atoms with Gasteiger partial charge in [-0.3, -0.25) is 4.79 Å². The van der Waals surface area contributed by atoms with E-state index in [9.17, 15) is 0 Å². The van der Waals surface area contributed by atoms with Crippen molar-refractivity contribution in [2.45, 2.75) is 0 Å². The van der Waals surface area contributed by atoms with Gasteiger partial charge in [-0.05, 0) is 0 Å². The molecule has 0 fully saturated rings. The van der Waals surface area contributed by atoms with Gasteiger partial charge in [0, 0.05) is 17.1 Å². The number of hydrogen-bond acceptors (Lipinski definition) is 3. The van der Waals surface area contributed by atoms with E-state index >= 15 is 0 Å². The van der Waals surface area contributed by atoms with E-state index in [4.69, 9.17) is 10.1 Å². The largest absolute Gasteiger partial charge is 0.330 e. The van der Waals surface area contributed by atoms with E-state index in [1.165, 1.54) is 0 Å². The quantitative estimate of drug-likeness (QED) is 0.220. The van der Waals surface area contributed by atoms with Gasteiger partial charge in [-0.15, -0.1) is 0 Å². The van der Waals surface area contributed by atoms with Crippen molar-refractivity contribution >= 4 is 6.47 Å². The van der Waals surface area contributed by atoms with Crippen molar-refractivity contribution in [3.05, 3.63) is 0 Å². The second kappa shape index (κ2) is 9.04. The van der Waals surface area contributed by atoms with Crippen molar-refractivity contribution in [1.29, 1.82) is 0 Å². The molecule has 31 valence electrons. The second-order valence-corrected chi connectivity index (χ2v) is 0.202. The standard InChI is InChI=1S/CH2O3.Mn/c2-1-4-3;/h1,3H;. The van der Waals surface area contributed by atoms with Crippen molar-refractivity contribution < 1.29 is 32.0 Å². The van der Waals surface area contributed by atoms with E-state index < -0.39 is 0 Å². The molecule has 0 bridgehead atoms. The van der Waals surface area contributed by atoms with Crippen molar-refractivity contribution in [3.63, 3.8) is 0 Å². The first kappa shape index (κ1) is 8.87. The van der Waals surface area contributed by atoms with Crippen LogP contribution in [0.2, 0.25) is 0 Å². The molecule has 0 spiro atoms. The molecule has 0 aliphatic rings. The Morgan fingerprint density at radius 2 is 2.00 bits per heavy atom. The summed E-state index contributed by atoms with van der Waals surface area (Å²) in [5.74, 6) is 0. The molecule has 5 heavy (non-hydrogen) atoms. The monoisotopic (exact) mass is 117 g/mol. The topological polar surface area (TPSA) is 46.5 Å². The summed E-state index contributed by atoms with van der Waals surface area (Å²) in [6.45, 7) is -0.0694. The Bertz CT molecular complexity index is 20.9. The van der Waals surface area contributed by atoms with Crippen molar-refractivity contribution in [2.75, 3.05) is 0 Å². The van der Waals surface area contributed by atoms with Gasteiger partial charge in [-0.1, -0.05) is 0 Å². The van der Waals surface area contributed by atoms with Gasteiger partial charge >= 0.3 is 6.47 Å². The summed E-state index contributed by atoms with van der Waals surface area (Å²) in [7, 11) is 0. The van der Waals surface area contributed by atoms with Crippen LogP contribution in [0.1, 0.15) is 0 Å². The first-order chi connectivity index (χ1) is 1.91. The molecule has 0 aliphatic heterocycles. The predicted molar refractivity (Wildman–Crippen MR) is 9.78 cm³/mol. The number of carbonyl (C=O) groups excluding carboxylic acids is 1. The van der Waals surface area contributed by atoms with Gasteiger partial charge in [-0.2, -0.15) is 0 Å². The zero-order valence-corrected chi connectivity index (χ0v) is 3.40. The third-order valence-electron chi connectivity index (χ3n) is 0.0430. The molecule has 0 unspecified atom stereocenters. The minimum atomic E-state index is -0.0694. The summed E-state index contributed by atoms with van der Waals surface area (Å²) in [5, 5.41) is 7.01. The van der Waals surface area contributed by atoms with Crippen LogP contribution in [0.4, 0.5) is 0 Å². The van der Waals surface area contributed by atoms with E-state index in [0.29, 0.717) is 0 Å². The van der Waals surface area contributed by atoms with Gasteiger partial charge < -0.3 is 4.89 Å². The van der Waals surface area contributed by atoms with Crippen LogP contribution in [0.15, 0.2) is 0 Å². The van der Waals surface area contributed by atoms with Crippen LogP contribution in [0.3, 0.4) is 0 Å².